The lowest BCUT2D eigenvalue weighted by Crippen LogP contribution is -2.40. The average molecular weight is 304 g/mol. The molecule has 0 saturated heterocycles. The SMILES string of the molecule is O=C1COc2cc(C(=O)NCC(O)C(F)(F)F)ccc2N1. The van der Waals surface area contributed by atoms with Gasteiger partial charge < -0.3 is 20.5 Å². The van der Waals surface area contributed by atoms with Crippen LogP contribution in [-0.2, 0) is 4.79 Å². The second-order valence-electron chi connectivity index (χ2n) is 4.32. The Morgan fingerprint density at radius 2 is 2.19 bits per heavy atom. The van der Waals surface area contributed by atoms with Crippen LogP contribution in [0, 0.1) is 0 Å². The summed E-state index contributed by atoms with van der Waals surface area (Å²) in [4.78, 5) is 22.8. The maximum Gasteiger partial charge on any atom is 0.416 e. The summed E-state index contributed by atoms with van der Waals surface area (Å²) in [6.07, 6.45) is -7.43. The molecule has 0 radical (unpaired) electrons. The number of aliphatic hydroxyl groups excluding tert-OH is 1. The van der Waals surface area contributed by atoms with Crippen molar-refractivity contribution in [1.29, 1.82) is 0 Å². The van der Waals surface area contributed by atoms with Crippen LogP contribution >= 0.6 is 0 Å². The molecule has 2 amide bonds. The van der Waals surface area contributed by atoms with E-state index in [1.54, 1.807) is 0 Å². The molecule has 1 unspecified atom stereocenters. The predicted octanol–water partition coefficient (Wildman–Crippen LogP) is 0.670. The Hall–Kier alpha value is -2.29. The first-order valence-corrected chi connectivity index (χ1v) is 5.87. The van der Waals surface area contributed by atoms with E-state index in [9.17, 15) is 22.8 Å². The normalized spacial score (nSPS) is 15.5. The van der Waals surface area contributed by atoms with Crippen LogP contribution in [0.25, 0.3) is 0 Å². The summed E-state index contributed by atoms with van der Waals surface area (Å²) < 4.78 is 41.4. The van der Waals surface area contributed by atoms with Gasteiger partial charge in [-0.2, -0.15) is 13.2 Å². The van der Waals surface area contributed by atoms with Gasteiger partial charge in [0.1, 0.15) is 5.75 Å². The molecule has 2 rings (SSSR count). The van der Waals surface area contributed by atoms with Crippen LogP contribution in [0.4, 0.5) is 18.9 Å². The smallest absolute Gasteiger partial charge is 0.416 e. The fourth-order valence-corrected chi connectivity index (χ4v) is 1.62. The first kappa shape index (κ1) is 15.1. The van der Waals surface area contributed by atoms with Crippen molar-refractivity contribution >= 4 is 17.5 Å². The van der Waals surface area contributed by atoms with Crippen molar-refractivity contribution in [3.8, 4) is 5.75 Å². The number of fused-ring (bicyclic) bond motifs is 1. The summed E-state index contributed by atoms with van der Waals surface area (Å²) >= 11 is 0. The van der Waals surface area contributed by atoms with Crippen LogP contribution < -0.4 is 15.4 Å². The summed E-state index contributed by atoms with van der Waals surface area (Å²) in [7, 11) is 0. The first-order valence-electron chi connectivity index (χ1n) is 5.87. The Bertz CT molecular complexity index is 574. The summed E-state index contributed by atoms with van der Waals surface area (Å²) in [6.45, 7) is -1.15. The fourth-order valence-electron chi connectivity index (χ4n) is 1.62. The van der Waals surface area contributed by atoms with Crippen molar-refractivity contribution in [2.24, 2.45) is 0 Å². The molecule has 0 aromatic heterocycles. The highest BCUT2D eigenvalue weighted by molar-refractivity contribution is 5.98. The quantitative estimate of drug-likeness (QED) is 0.766. The second-order valence-corrected chi connectivity index (χ2v) is 4.32. The molecule has 0 aliphatic carbocycles. The molecule has 3 N–H and O–H groups in total. The molecule has 1 atom stereocenters. The molecule has 6 nitrogen and oxygen atoms in total. The Morgan fingerprint density at radius 3 is 2.86 bits per heavy atom. The van der Waals surface area contributed by atoms with E-state index in [0.717, 1.165) is 0 Å². The molecule has 0 saturated carbocycles. The van der Waals surface area contributed by atoms with Crippen molar-refractivity contribution in [3.63, 3.8) is 0 Å². The number of amides is 2. The van der Waals surface area contributed by atoms with Crippen LogP contribution in [-0.4, -0.2) is 42.4 Å². The molecule has 1 aliphatic rings. The van der Waals surface area contributed by atoms with E-state index in [1.807, 2.05) is 5.32 Å². The number of benzene rings is 1. The Labute approximate surface area is 116 Å². The minimum absolute atomic E-state index is 0.0549. The highest BCUT2D eigenvalue weighted by Crippen LogP contribution is 2.28. The van der Waals surface area contributed by atoms with Gasteiger partial charge in [-0.3, -0.25) is 9.59 Å². The number of anilines is 1. The van der Waals surface area contributed by atoms with Crippen molar-refractivity contribution in [3.05, 3.63) is 23.8 Å². The van der Waals surface area contributed by atoms with E-state index < -0.39 is 24.7 Å². The van der Waals surface area contributed by atoms with E-state index in [2.05, 4.69) is 5.32 Å². The minimum Gasteiger partial charge on any atom is -0.482 e. The molecular formula is C12H11F3N2O4. The van der Waals surface area contributed by atoms with Crippen LogP contribution in [0.15, 0.2) is 18.2 Å². The molecule has 0 fully saturated rings. The first-order chi connectivity index (χ1) is 9.77. The van der Waals surface area contributed by atoms with Gasteiger partial charge in [0.2, 0.25) is 0 Å². The molecule has 1 aromatic rings. The van der Waals surface area contributed by atoms with E-state index in [0.29, 0.717) is 5.69 Å². The number of alkyl halides is 3. The number of carbonyl (C=O) groups is 2. The van der Waals surface area contributed by atoms with Crippen LogP contribution in [0.3, 0.4) is 0 Å². The summed E-state index contributed by atoms with van der Waals surface area (Å²) in [5, 5.41) is 13.3. The Morgan fingerprint density at radius 1 is 1.48 bits per heavy atom. The van der Waals surface area contributed by atoms with Crippen LogP contribution in [0.1, 0.15) is 10.4 Å². The molecule has 114 valence electrons. The topological polar surface area (TPSA) is 87.7 Å². The monoisotopic (exact) mass is 304 g/mol. The number of nitrogens with one attached hydrogen (secondary N) is 2. The van der Waals surface area contributed by atoms with E-state index in [4.69, 9.17) is 9.84 Å². The third kappa shape index (κ3) is 3.63. The molecule has 0 spiro atoms. The lowest BCUT2D eigenvalue weighted by atomic mass is 10.1. The van der Waals surface area contributed by atoms with Gasteiger partial charge in [0.25, 0.3) is 11.8 Å². The van der Waals surface area contributed by atoms with Crippen molar-refractivity contribution in [2.75, 3.05) is 18.5 Å². The standard InChI is InChI=1S/C12H11F3N2O4/c13-12(14,15)9(18)4-16-11(20)6-1-2-7-8(3-6)21-5-10(19)17-7/h1-3,9,18H,4-5H2,(H,16,20)(H,17,19). The van der Waals surface area contributed by atoms with Gasteiger partial charge in [0, 0.05) is 5.56 Å². The van der Waals surface area contributed by atoms with Gasteiger partial charge in [-0.1, -0.05) is 0 Å². The number of rotatable bonds is 3. The third-order valence-corrected chi connectivity index (χ3v) is 2.71. The van der Waals surface area contributed by atoms with Crippen molar-refractivity contribution in [1.82, 2.24) is 5.32 Å². The Balaban J connectivity index is 2.02. The highest BCUT2D eigenvalue weighted by Gasteiger charge is 2.38. The zero-order chi connectivity index (χ0) is 15.6. The van der Waals surface area contributed by atoms with Gasteiger partial charge in [-0.15, -0.1) is 0 Å². The number of hydrogen-bond donors (Lipinski definition) is 3. The van der Waals surface area contributed by atoms with Crippen molar-refractivity contribution < 1.29 is 32.6 Å². The average Bonchev–Trinajstić information content (AvgIpc) is 2.42. The van der Waals surface area contributed by atoms with Crippen LogP contribution in [0.5, 0.6) is 5.75 Å². The predicted molar refractivity (Wildman–Crippen MR) is 65.0 cm³/mol. The summed E-state index contributed by atoms with van der Waals surface area (Å²) in [6, 6.07) is 4.02. The zero-order valence-electron chi connectivity index (χ0n) is 10.5. The third-order valence-electron chi connectivity index (χ3n) is 2.71. The maximum atomic E-state index is 12.1. The maximum absolute atomic E-state index is 12.1. The Kier molecular flexibility index (Phi) is 4.03. The zero-order valence-corrected chi connectivity index (χ0v) is 10.5. The number of ether oxygens (including phenoxy) is 1. The van der Waals surface area contributed by atoms with Gasteiger partial charge in [0.05, 0.1) is 12.2 Å². The summed E-state index contributed by atoms with van der Waals surface area (Å²) in [5.74, 6) is -0.881. The number of halogens is 3. The molecule has 0 bridgehead atoms. The van der Waals surface area contributed by atoms with E-state index in [-0.39, 0.29) is 23.8 Å². The van der Waals surface area contributed by atoms with E-state index in [1.165, 1.54) is 18.2 Å². The van der Waals surface area contributed by atoms with Crippen LogP contribution in [0.2, 0.25) is 0 Å². The van der Waals surface area contributed by atoms with Gasteiger partial charge in [-0.05, 0) is 18.2 Å². The minimum atomic E-state index is -4.80. The lowest BCUT2D eigenvalue weighted by Gasteiger charge is -2.19. The lowest BCUT2D eigenvalue weighted by molar-refractivity contribution is -0.201. The molecule has 9 heteroatoms. The molecular weight excluding hydrogens is 293 g/mol. The van der Waals surface area contributed by atoms with E-state index >= 15 is 0 Å². The number of carbonyl (C=O) groups excluding carboxylic acids is 2. The number of aliphatic hydroxyl groups is 1. The van der Waals surface area contributed by atoms with Crippen molar-refractivity contribution in [2.45, 2.75) is 12.3 Å². The molecule has 1 aliphatic heterocycles. The van der Waals surface area contributed by atoms with Gasteiger partial charge in [-0.25, -0.2) is 0 Å². The number of hydrogen-bond acceptors (Lipinski definition) is 4. The fraction of sp³-hybridized carbons (Fsp3) is 0.333. The molecule has 1 aromatic carbocycles. The van der Waals surface area contributed by atoms with Gasteiger partial charge in [0.15, 0.2) is 12.7 Å². The summed E-state index contributed by atoms with van der Waals surface area (Å²) in [5.41, 5.74) is 0.428. The largest absolute Gasteiger partial charge is 0.482 e. The van der Waals surface area contributed by atoms with Gasteiger partial charge >= 0.3 is 6.18 Å². The highest BCUT2D eigenvalue weighted by atomic mass is 19.4. The molecule has 21 heavy (non-hydrogen) atoms. The molecule has 1 heterocycles. The second kappa shape index (κ2) is 5.60.